The van der Waals surface area contributed by atoms with Gasteiger partial charge in [-0.1, -0.05) is 110 Å². The van der Waals surface area contributed by atoms with Crippen LogP contribution in [0.25, 0.3) is 32.7 Å². The molecule has 0 radical (unpaired) electrons. The number of ether oxygens (including phenoxy) is 6. The summed E-state index contributed by atoms with van der Waals surface area (Å²) in [5.74, 6) is 1.60. The van der Waals surface area contributed by atoms with Crippen LogP contribution in [0.15, 0.2) is 158 Å². The van der Waals surface area contributed by atoms with E-state index in [0.717, 1.165) is 32.7 Å². The number of esters is 2. The molecule has 2 unspecified atom stereocenters. The molecule has 0 aromatic heterocycles. The van der Waals surface area contributed by atoms with Crippen LogP contribution < -0.4 is 18.9 Å². The zero-order valence-corrected chi connectivity index (χ0v) is 30.4. The van der Waals surface area contributed by atoms with Crippen molar-refractivity contribution < 1.29 is 38.0 Å². The molecule has 6 aromatic carbocycles. The molecule has 0 N–H and O–H groups in total. The van der Waals surface area contributed by atoms with Gasteiger partial charge in [-0.05, 0) is 72.1 Å². The fraction of sp³-hybridized carbons (Fsp3) is 0.174. The number of rotatable bonds is 17. The van der Waals surface area contributed by atoms with Gasteiger partial charge in [-0.3, -0.25) is 0 Å². The van der Waals surface area contributed by atoms with Gasteiger partial charge in [0.15, 0.2) is 12.2 Å². The van der Waals surface area contributed by atoms with E-state index in [0.29, 0.717) is 34.1 Å². The molecule has 0 spiro atoms. The summed E-state index contributed by atoms with van der Waals surface area (Å²) in [7, 11) is 0. The van der Waals surface area contributed by atoms with Gasteiger partial charge in [0.1, 0.15) is 49.4 Å². The predicted octanol–water partition coefficient (Wildman–Crippen LogP) is 9.55. The lowest BCUT2D eigenvalue weighted by Crippen LogP contribution is -2.31. The van der Waals surface area contributed by atoms with Gasteiger partial charge < -0.3 is 28.4 Å². The van der Waals surface area contributed by atoms with Crippen LogP contribution in [0, 0.1) is 0 Å². The molecule has 8 nitrogen and oxygen atoms in total. The van der Waals surface area contributed by atoms with Crippen molar-refractivity contribution in [3.63, 3.8) is 0 Å². The topological polar surface area (TPSA) is 89.5 Å². The monoisotopic (exact) mass is 722 g/mol. The number of fused-ring (bicyclic) bond motifs is 2. The average Bonchev–Trinajstić information content (AvgIpc) is 3.20. The lowest BCUT2D eigenvalue weighted by Gasteiger charge is -2.20. The Balaban J connectivity index is 1.04. The molecule has 274 valence electrons. The summed E-state index contributed by atoms with van der Waals surface area (Å²) in [4.78, 5) is 24.8. The summed E-state index contributed by atoms with van der Waals surface area (Å²) in [5.41, 5.74) is 2.52. The van der Waals surface area contributed by atoms with E-state index in [2.05, 4.69) is 13.2 Å². The van der Waals surface area contributed by atoms with Crippen LogP contribution in [-0.2, 0) is 19.1 Å². The summed E-state index contributed by atoms with van der Waals surface area (Å²) in [6.07, 6.45) is -1.34. The summed E-state index contributed by atoms with van der Waals surface area (Å²) in [6, 6.07) is 42.8. The minimum atomic E-state index is -0.672. The molecular formula is C46H42O8. The van der Waals surface area contributed by atoms with Crippen LogP contribution in [0.2, 0.25) is 0 Å². The van der Waals surface area contributed by atoms with Gasteiger partial charge in [0.05, 0.1) is 0 Å². The van der Waals surface area contributed by atoms with Gasteiger partial charge in [0.2, 0.25) is 0 Å². The van der Waals surface area contributed by atoms with Crippen LogP contribution in [0.1, 0.15) is 13.8 Å². The third kappa shape index (κ3) is 9.86. The second-order valence-corrected chi connectivity index (χ2v) is 12.9. The quantitative estimate of drug-likeness (QED) is 0.0680. The largest absolute Gasteiger partial charge is 0.490 e. The molecule has 2 atom stereocenters. The van der Waals surface area contributed by atoms with Crippen LogP contribution in [0.4, 0.5) is 0 Å². The molecule has 0 fully saturated rings. The van der Waals surface area contributed by atoms with Crippen LogP contribution in [0.3, 0.4) is 0 Å². The van der Waals surface area contributed by atoms with Gasteiger partial charge in [-0.15, -0.1) is 0 Å². The molecule has 0 saturated heterocycles. The molecule has 6 rings (SSSR count). The fourth-order valence-corrected chi connectivity index (χ4v) is 5.61. The van der Waals surface area contributed by atoms with Gasteiger partial charge in [-0.25, -0.2) is 9.59 Å². The van der Waals surface area contributed by atoms with Crippen molar-refractivity contribution in [2.45, 2.75) is 26.1 Å². The molecule has 8 heteroatoms. The highest BCUT2D eigenvalue weighted by molar-refractivity contribution is 5.89. The molecule has 0 aliphatic heterocycles. The number of hydrogen-bond donors (Lipinski definition) is 0. The van der Waals surface area contributed by atoms with Crippen LogP contribution >= 0.6 is 0 Å². The summed E-state index contributed by atoms with van der Waals surface area (Å²) < 4.78 is 35.6. The second kappa shape index (κ2) is 17.8. The fourth-order valence-electron chi connectivity index (χ4n) is 5.61. The third-order valence-corrected chi connectivity index (χ3v) is 8.51. The first kappa shape index (κ1) is 37.2. The zero-order chi connectivity index (χ0) is 37.9. The molecular weight excluding hydrogens is 680 g/mol. The maximum Gasteiger partial charge on any atom is 0.333 e. The average molecular weight is 723 g/mol. The van der Waals surface area contributed by atoms with Gasteiger partial charge in [0, 0.05) is 21.9 Å². The van der Waals surface area contributed by atoms with E-state index >= 15 is 0 Å². The van der Waals surface area contributed by atoms with E-state index in [4.69, 9.17) is 28.4 Å². The van der Waals surface area contributed by atoms with E-state index in [9.17, 15) is 9.59 Å². The lowest BCUT2D eigenvalue weighted by molar-refractivity contribution is -0.148. The van der Waals surface area contributed by atoms with Crippen molar-refractivity contribution in [3.05, 3.63) is 158 Å². The number of benzene rings is 6. The molecule has 0 saturated carbocycles. The van der Waals surface area contributed by atoms with E-state index < -0.39 is 24.1 Å². The highest BCUT2D eigenvalue weighted by Gasteiger charge is 2.20. The summed E-state index contributed by atoms with van der Waals surface area (Å²) in [6.45, 7) is 11.0. The van der Waals surface area contributed by atoms with Crippen molar-refractivity contribution >= 4 is 33.5 Å². The third-order valence-electron chi connectivity index (χ3n) is 8.51. The van der Waals surface area contributed by atoms with Crippen LogP contribution in [-0.4, -0.2) is 50.6 Å². The molecule has 0 heterocycles. The van der Waals surface area contributed by atoms with Crippen molar-refractivity contribution in [2.75, 3.05) is 26.4 Å². The maximum absolute atomic E-state index is 12.4. The first-order chi connectivity index (χ1) is 26.2. The van der Waals surface area contributed by atoms with Crippen molar-refractivity contribution in [3.8, 4) is 34.1 Å². The maximum atomic E-state index is 12.4. The Kier molecular flexibility index (Phi) is 12.3. The Morgan fingerprint density at radius 2 is 0.815 bits per heavy atom. The minimum absolute atomic E-state index is 0.0881. The van der Waals surface area contributed by atoms with Gasteiger partial charge in [0.25, 0.3) is 0 Å². The number of carbonyl (C=O) groups excluding carboxylic acids is 2. The van der Waals surface area contributed by atoms with Gasteiger partial charge in [-0.2, -0.15) is 0 Å². The highest BCUT2D eigenvalue weighted by atomic mass is 16.6. The summed E-state index contributed by atoms with van der Waals surface area (Å²) >= 11 is 0. The van der Waals surface area contributed by atoms with Crippen molar-refractivity contribution in [1.82, 2.24) is 0 Å². The molecule has 0 bridgehead atoms. The van der Waals surface area contributed by atoms with Crippen molar-refractivity contribution in [1.29, 1.82) is 0 Å². The Hall–Kier alpha value is -6.54. The standard InChI is InChI=1S/C46H42O8/c1-31(2)45(47)53-39(29-51-43-17-9-13-35-11-5-7-15-41(35)43)27-49-37-23-19-33(20-24-37)34-21-25-38(26-22-34)50-28-40(54-46(48)32(3)4)30-52-44-18-10-14-36-12-6-8-16-42(36)44/h5-26,39-40H,1,3,27-30H2,2,4H3. The Morgan fingerprint density at radius 1 is 0.463 bits per heavy atom. The highest BCUT2D eigenvalue weighted by Crippen LogP contribution is 2.28. The zero-order valence-electron chi connectivity index (χ0n) is 30.4. The number of carbonyl (C=O) groups is 2. The van der Waals surface area contributed by atoms with E-state index in [1.54, 1.807) is 13.8 Å². The van der Waals surface area contributed by atoms with E-state index in [-0.39, 0.29) is 26.4 Å². The molecule has 6 aromatic rings. The first-order valence-electron chi connectivity index (χ1n) is 17.6. The number of hydrogen-bond acceptors (Lipinski definition) is 8. The van der Waals surface area contributed by atoms with E-state index in [1.807, 2.05) is 133 Å². The second-order valence-electron chi connectivity index (χ2n) is 12.9. The normalized spacial score (nSPS) is 12.0. The molecule has 0 aliphatic rings. The molecule has 54 heavy (non-hydrogen) atoms. The predicted molar refractivity (Wildman–Crippen MR) is 211 cm³/mol. The van der Waals surface area contributed by atoms with Crippen molar-refractivity contribution in [2.24, 2.45) is 0 Å². The Bertz CT molecular complexity index is 2070. The smallest absolute Gasteiger partial charge is 0.333 e. The summed E-state index contributed by atoms with van der Waals surface area (Å²) in [5, 5.41) is 4.05. The minimum Gasteiger partial charge on any atom is -0.490 e. The first-order valence-corrected chi connectivity index (χ1v) is 17.6. The SMILES string of the molecule is C=C(C)C(=O)OC(COc1ccc(-c2ccc(OCC(COc3cccc4ccccc34)OC(=O)C(=C)C)cc2)cc1)COc1cccc2ccccc12. The van der Waals surface area contributed by atoms with E-state index in [1.165, 1.54) is 0 Å². The van der Waals surface area contributed by atoms with Gasteiger partial charge >= 0.3 is 11.9 Å². The Labute approximate surface area is 315 Å². The molecule has 0 aliphatic carbocycles. The molecule has 0 amide bonds. The van der Waals surface area contributed by atoms with Crippen LogP contribution in [0.5, 0.6) is 23.0 Å². The lowest BCUT2D eigenvalue weighted by atomic mass is 10.1. The Morgan fingerprint density at radius 3 is 1.20 bits per heavy atom.